The Morgan fingerprint density at radius 2 is 2.38 bits per heavy atom. The van der Waals surface area contributed by atoms with Crippen molar-refractivity contribution in [3.63, 3.8) is 0 Å². The van der Waals surface area contributed by atoms with Gasteiger partial charge in [-0.3, -0.25) is 10.0 Å². The third-order valence-corrected chi connectivity index (χ3v) is 1.00. The van der Waals surface area contributed by atoms with Crippen LogP contribution in [0.3, 0.4) is 0 Å². The van der Waals surface area contributed by atoms with Gasteiger partial charge in [0.1, 0.15) is 0 Å². The average Bonchev–Trinajstić information content (AvgIpc) is 1.83. The van der Waals surface area contributed by atoms with Crippen LogP contribution in [0.2, 0.25) is 0 Å². The molecule has 4 heteroatoms. The number of thiol groups is 1. The Morgan fingerprint density at radius 1 is 1.75 bits per heavy atom. The summed E-state index contributed by atoms with van der Waals surface area (Å²) < 4.78 is 0. The molecule has 0 bridgehead atoms. The second-order valence-electron chi connectivity index (χ2n) is 1.36. The first-order chi connectivity index (χ1) is 3.81. The maximum absolute atomic E-state index is 10.2. The lowest BCUT2D eigenvalue weighted by atomic mass is 10.3. The Morgan fingerprint density at radius 3 is 2.75 bits per heavy atom. The largest absolute Gasteiger partial charge is 0.289 e. The molecule has 0 atom stereocenters. The Bertz CT molecular complexity index is 76.4. The smallest absolute Gasteiger partial charge is 0.243 e. The van der Waals surface area contributed by atoms with E-state index in [4.69, 9.17) is 5.21 Å². The molecule has 0 fully saturated rings. The first-order valence-corrected chi connectivity index (χ1v) is 2.98. The van der Waals surface area contributed by atoms with Gasteiger partial charge in [-0.2, -0.15) is 12.6 Å². The second kappa shape index (κ2) is 4.93. The van der Waals surface area contributed by atoms with E-state index in [-0.39, 0.29) is 5.91 Å². The summed E-state index contributed by atoms with van der Waals surface area (Å²) in [6.07, 6.45) is 1.05. The van der Waals surface area contributed by atoms with Crippen LogP contribution in [-0.4, -0.2) is 16.9 Å². The average molecular weight is 135 g/mol. The highest BCUT2D eigenvalue weighted by Gasteiger charge is 1.94. The number of hydrogen-bond donors (Lipinski definition) is 3. The lowest BCUT2D eigenvalue weighted by molar-refractivity contribution is -0.129. The van der Waals surface area contributed by atoms with Crippen molar-refractivity contribution in [2.45, 2.75) is 12.8 Å². The molecule has 0 aromatic rings. The zero-order chi connectivity index (χ0) is 6.41. The fourth-order valence-corrected chi connectivity index (χ4v) is 0.454. The highest BCUT2D eigenvalue weighted by Crippen LogP contribution is 1.89. The van der Waals surface area contributed by atoms with Crippen LogP contribution in [0, 0.1) is 0 Å². The third kappa shape index (κ3) is 3.95. The molecule has 0 heterocycles. The standard InChI is InChI=1S/C4H9NO2S/c6-4(5-7)2-1-3-8/h7-8H,1-3H2,(H,5,6). The van der Waals surface area contributed by atoms with Gasteiger partial charge < -0.3 is 0 Å². The Hall–Kier alpha value is -0.220. The van der Waals surface area contributed by atoms with Gasteiger partial charge in [0.05, 0.1) is 0 Å². The van der Waals surface area contributed by atoms with Crippen molar-refractivity contribution < 1.29 is 10.0 Å². The lowest BCUT2D eigenvalue weighted by Gasteiger charge is -1.92. The zero-order valence-electron chi connectivity index (χ0n) is 4.42. The van der Waals surface area contributed by atoms with E-state index in [1.165, 1.54) is 5.48 Å². The van der Waals surface area contributed by atoms with Crippen LogP contribution in [0.4, 0.5) is 0 Å². The van der Waals surface area contributed by atoms with Crippen molar-refractivity contribution >= 4 is 18.5 Å². The minimum absolute atomic E-state index is 0.347. The van der Waals surface area contributed by atoms with Gasteiger partial charge in [-0.25, -0.2) is 5.48 Å². The number of hydrogen-bond acceptors (Lipinski definition) is 3. The van der Waals surface area contributed by atoms with Crippen molar-refractivity contribution in [2.24, 2.45) is 0 Å². The highest BCUT2D eigenvalue weighted by atomic mass is 32.1. The molecule has 0 saturated heterocycles. The number of carbonyl (C=O) groups is 1. The molecule has 0 aliphatic heterocycles. The number of carbonyl (C=O) groups excluding carboxylic acids is 1. The van der Waals surface area contributed by atoms with E-state index in [1.807, 2.05) is 0 Å². The Balaban J connectivity index is 2.99. The van der Waals surface area contributed by atoms with Gasteiger partial charge in [-0.15, -0.1) is 0 Å². The molecule has 2 N–H and O–H groups in total. The molecule has 0 rings (SSSR count). The minimum Gasteiger partial charge on any atom is -0.289 e. The summed E-state index contributed by atoms with van der Waals surface area (Å²) in [5.74, 6) is 0.326. The minimum atomic E-state index is -0.348. The van der Waals surface area contributed by atoms with Crippen LogP contribution in [0.25, 0.3) is 0 Å². The van der Waals surface area contributed by atoms with Crippen LogP contribution >= 0.6 is 12.6 Å². The first kappa shape index (κ1) is 7.78. The van der Waals surface area contributed by atoms with Crippen LogP contribution in [0.5, 0.6) is 0 Å². The molecule has 0 radical (unpaired) electrons. The van der Waals surface area contributed by atoms with Crippen molar-refractivity contribution in [3.8, 4) is 0 Å². The van der Waals surface area contributed by atoms with Gasteiger partial charge in [-0.1, -0.05) is 0 Å². The molecule has 0 aliphatic carbocycles. The number of hydroxylamine groups is 1. The van der Waals surface area contributed by atoms with Crippen LogP contribution in [0.1, 0.15) is 12.8 Å². The topological polar surface area (TPSA) is 49.3 Å². The second-order valence-corrected chi connectivity index (χ2v) is 1.81. The van der Waals surface area contributed by atoms with E-state index >= 15 is 0 Å². The van der Waals surface area contributed by atoms with Gasteiger partial charge in [0, 0.05) is 6.42 Å². The molecule has 0 spiro atoms. The number of rotatable bonds is 3. The van der Waals surface area contributed by atoms with Crippen molar-refractivity contribution in [1.29, 1.82) is 0 Å². The van der Waals surface area contributed by atoms with E-state index in [1.54, 1.807) is 0 Å². The molecule has 0 saturated carbocycles. The van der Waals surface area contributed by atoms with Crippen molar-refractivity contribution in [1.82, 2.24) is 5.48 Å². The third-order valence-electron chi connectivity index (χ3n) is 0.687. The quantitative estimate of drug-likeness (QED) is 0.294. The van der Waals surface area contributed by atoms with Crippen LogP contribution < -0.4 is 5.48 Å². The summed E-state index contributed by atoms with van der Waals surface area (Å²) in [5, 5.41) is 7.94. The Kier molecular flexibility index (Phi) is 4.79. The summed E-state index contributed by atoms with van der Waals surface area (Å²) >= 11 is 3.87. The SMILES string of the molecule is O=C(CCCS)NO. The summed E-state index contributed by atoms with van der Waals surface area (Å²) in [6, 6.07) is 0. The Labute approximate surface area is 53.4 Å². The van der Waals surface area contributed by atoms with E-state index in [0.717, 1.165) is 0 Å². The monoisotopic (exact) mass is 135 g/mol. The fraction of sp³-hybridized carbons (Fsp3) is 0.750. The molecule has 0 aromatic carbocycles. The molecular formula is C4H9NO2S. The normalized spacial score (nSPS) is 8.75. The summed E-state index contributed by atoms with van der Waals surface area (Å²) in [7, 11) is 0. The predicted octanol–water partition coefficient (Wildman–Crippen LogP) is 0.202. The molecule has 0 aliphatic rings. The molecule has 3 nitrogen and oxygen atoms in total. The van der Waals surface area contributed by atoms with E-state index in [2.05, 4.69) is 12.6 Å². The van der Waals surface area contributed by atoms with Crippen LogP contribution in [-0.2, 0) is 4.79 Å². The van der Waals surface area contributed by atoms with E-state index < -0.39 is 0 Å². The molecule has 48 valence electrons. The van der Waals surface area contributed by atoms with Crippen LogP contribution in [0.15, 0.2) is 0 Å². The molecule has 0 aromatic heterocycles. The molecule has 8 heavy (non-hydrogen) atoms. The fourth-order valence-electron chi connectivity index (χ4n) is 0.296. The maximum atomic E-state index is 10.2. The summed E-state index contributed by atoms with van der Waals surface area (Å²) in [4.78, 5) is 10.2. The van der Waals surface area contributed by atoms with Gasteiger partial charge >= 0.3 is 0 Å². The summed E-state index contributed by atoms with van der Waals surface area (Å²) in [5.41, 5.74) is 1.53. The van der Waals surface area contributed by atoms with E-state index in [9.17, 15) is 4.79 Å². The molecular weight excluding hydrogens is 126 g/mol. The van der Waals surface area contributed by atoms with Gasteiger partial charge in [0.15, 0.2) is 0 Å². The highest BCUT2D eigenvalue weighted by molar-refractivity contribution is 7.80. The molecule has 1 amide bonds. The zero-order valence-corrected chi connectivity index (χ0v) is 5.32. The van der Waals surface area contributed by atoms with Gasteiger partial charge in [0.2, 0.25) is 5.91 Å². The predicted molar refractivity (Wildman–Crippen MR) is 33.0 cm³/mol. The lowest BCUT2D eigenvalue weighted by Crippen LogP contribution is -2.17. The van der Waals surface area contributed by atoms with Crippen molar-refractivity contribution in [2.75, 3.05) is 5.75 Å². The number of amides is 1. The first-order valence-electron chi connectivity index (χ1n) is 2.35. The van der Waals surface area contributed by atoms with Crippen molar-refractivity contribution in [3.05, 3.63) is 0 Å². The van der Waals surface area contributed by atoms with Gasteiger partial charge in [0.25, 0.3) is 0 Å². The maximum Gasteiger partial charge on any atom is 0.243 e. The van der Waals surface area contributed by atoms with E-state index in [0.29, 0.717) is 18.6 Å². The number of nitrogens with one attached hydrogen (secondary N) is 1. The summed E-state index contributed by atoms with van der Waals surface area (Å²) in [6.45, 7) is 0. The molecule has 0 unspecified atom stereocenters. The van der Waals surface area contributed by atoms with Gasteiger partial charge in [-0.05, 0) is 12.2 Å².